The molecule has 0 bridgehead atoms. The lowest BCUT2D eigenvalue weighted by Crippen LogP contribution is -2.31. The number of amides is 1. The molecule has 1 heterocycles. The number of hydrogen-bond acceptors (Lipinski definition) is 3. The van der Waals surface area contributed by atoms with E-state index < -0.39 is 10.8 Å². The van der Waals surface area contributed by atoms with Gasteiger partial charge in [-0.2, -0.15) is 0 Å². The number of piperidine rings is 1. The van der Waals surface area contributed by atoms with Crippen molar-refractivity contribution < 1.29 is 9.00 Å². The van der Waals surface area contributed by atoms with Gasteiger partial charge in [0.2, 0.25) is 5.91 Å². The summed E-state index contributed by atoms with van der Waals surface area (Å²) in [7, 11) is -0.863. The highest BCUT2D eigenvalue weighted by Crippen LogP contribution is 2.58. The summed E-state index contributed by atoms with van der Waals surface area (Å²) in [6.07, 6.45) is 4.94. The average Bonchev–Trinajstić information content (AvgIpc) is 3.13. The molecule has 0 aromatic heterocycles. The highest BCUT2D eigenvalue weighted by atomic mass is 32.2. The van der Waals surface area contributed by atoms with Crippen LogP contribution in [0.5, 0.6) is 0 Å². The molecule has 5 heteroatoms. The van der Waals surface area contributed by atoms with E-state index in [9.17, 15) is 9.00 Å². The zero-order chi connectivity index (χ0) is 14.9. The molecule has 0 radical (unpaired) electrons. The fraction of sp³-hybridized carbons (Fsp3) is 0.562. The minimum absolute atomic E-state index is 0.145. The van der Waals surface area contributed by atoms with Crippen LogP contribution in [0.2, 0.25) is 0 Å². The Kier molecular flexibility index (Phi) is 4.13. The summed E-state index contributed by atoms with van der Waals surface area (Å²) in [4.78, 5) is 12.4. The lowest BCUT2D eigenvalue weighted by atomic mass is 9.92. The van der Waals surface area contributed by atoms with Gasteiger partial charge in [0.05, 0.1) is 0 Å². The first-order valence-corrected chi connectivity index (χ1v) is 9.22. The summed E-state index contributed by atoms with van der Waals surface area (Å²) in [6, 6.07) is 7.68. The Balaban J connectivity index is 1.62. The van der Waals surface area contributed by atoms with Crippen molar-refractivity contribution in [3.63, 3.8) is 0 Å². The molecule has 1 aliphatic heterocycles. The van der Waals surface area contributed by atoms with Crippen molar-refractivity contribution in [1.29, 1.82) is 0 Å². The van der Waals surface area contributed by atoms with Gasteiger partial charge in [-0.1, -0.05) is 12.1 Å². The molecule has 3 rings (SSSR count). The first kappa shape index (κ1) is 14.7. The summed E-state index contributed by atoms with van der Waals surface area (Å²) >= 11 is 0. The monoisotopic (exact) mass is 306 g/mol. The topological polar surface area (TPSA) is 58.2 Å². The summed E-state index contributed by atoms with van der Waals surface area (Å²) in [5.74, 6) is 0.846. The van der Waals surface area contributed by atoms with Crippen molar-refractivity contribution in [1.82, 2.24) is 5.32 Å². The summed E-state index contributed by atoms with van der Waals surface area (Å²) in [6.45, 7) is 2.06. The van der Waals surface area contributed by atoms with E-state index in [4.69, 9.17) is 0 Å². The molecule has 2 unspecified atom stereocenters. The smallest absolute Gasteiger partial charge is 0.228 e. The molecule has 1 aromatic rings. The number of carbonyl (C=O) groups excluding carboxylic acids is 1. The Hall–Kier alpha value is -1.20. The van der Waals surface area contributed by atoms with Crippen LogP contribution in [0, 0.1) is 11.3 Å². The van der Waals surface area contributed by atoms with Crippen molar-refractivity contribution in [2.75, 3.05) is 24.7 Å². The van der Waals surface area contributed by atoms with Gasteiger partial charge in [-0.05, 0) is 55.5 Å². The molecule has 2 N–H and O–H groups in total. The SMILES string of the molecule is CS(=O)Cc1cccc(NC(=O)C2CC23CCNCC3)c1. The Morgan fingerprint density at radius 3 is 2.90 bits per heavy atom. The fourth-order valence-electron chi connectivity index (χ4n) is 3.40. The maximum atomic E-state index is 12.4. The fourth-order valence-corrected chi connectivity index (χ4v) is 4.05. The minimum atomic E-state index is -0.863. The molecule has 1 spiro atoms. The van der Waals surface area contributed by atoms with Crippen LogP contribution in [0.4, 0.5) is 5.69 Å². The summed E-state index contributed by atoms with van der Waals surface area (Å²) in [5, 5.41) is 6.39. The summed E-state index contributed by atoms with van der Waals surface area (Å²) in [5.41, 5.74) is 2.08. The summed E-state index contributed by atoms with van der Waals surface area (Å²) < 4.78 is 11.3. The molecular formula is C16H22N2O2S. The number of anilines is 1. The standard InChI is InChI=1S/C16H22N2O2S/c1-21(20)11-12-3-2-4-13(9-12)18-15(19)14-10-16(14)5-7-17-8-6-16/h2-4,9,14,17H,5-8,10-11H2,1H3,(H,18,19). The molecule has 4 nitrogen and oxygen atoms in total. The molecular weight excluding hydrogens is 284 g/mol. The van der Waals surface area contributed by atoms with E-state index in [2.05, 4.69) is 10.6 Å². The zero-order valence-corrected chi connectivity index (χ0v) is 13.2. The van der Waals surface area contributed by atoms with Gasteiger partial charge < -0.3 is 10.6 Å². The van der Waals surface area contributed by atoms with Crippen molar-refractivity contribution in [2.45, 2.75) is 25.0 Å². The van der Waals surface area contributed by atoms with E-state index in [1.54, 1.807) is 6.26 Å². The molecule has 2 atom stereocenters. The van der Waals surface area contributed by atoms with Gasteiger partial charge in [0.15, 0.2) is 0 Å². The van der Waals surface area contributed by atoms with Crippen LogP contribution in [0.25, 0.3) is 0 Å². The van der Waals surface area contributed by atoms with Gasteiger partial charge in [0.1, 0.15) is 0 Å². The molecule has 21 heavy (non-hydrogen) atoms. The van der Waals surface area contributed by atoms with Gasteiger partial charge in [0.25, 0.3) is 0 Å². The van der Waals surface area contributed by atoms with Crippen LogP contribution in [-0.4, -0.2) is 29.5 Å². The highest BCUT2D eigenvalue weighted by molar-refractivity contribution is 7.83. The second-order valence-corrected chi connectivity index (χ2v) is 7.71. The third-order valence-electron chi connectivity index (χ3n) is 4.67. The second-order valence-electron chi connectivity index (χ2n) is 6.28. The predicted molar refractivity (Wildman–Crippen MR) is 85.5 cm³/mol. The molecule has 1 aromatic carbocycles. The lowest BCUT2D eigenvalue weighted by molar-refractivity contribution is -0.118. The van der Waals surface area contributed by atoms with Crippen molar-refractivity contribution in [3.05, 3.63) is 29.8 Å². The van der Waals surface area contributed by atoms with Crippen LogP contribution in [0.1, 0.15) is 24.8 Å². The Morgan fingerprint density at radius 1 is 1.43 bits per heavy atom. The van der Waals surface area contributed by atoms with Crippen LogP contribution in [-0.2, 0) is 21.3 Å². The molecule has 1 saturated carbocycles. The van der Waals surface area contributed by atoms with E-state index in [1.165, 1.54) is 0 Å². The van der Waals surface area contributed by atoms with Gasteiger partial charge >= 0.3 is 0 Å². The van der Waals surface area contributed by atoms with E-state index in [1.807, 2.05) is 24.3 Å². The number of benzene rings is 1. The number of nitrogens with one attached hydrogen (secondary N) is 2. The average molecular weight is 306 g/mol. The number of rotatable bonds is 4. The van der Waals surface area contributed by atoms with Gasteiger partial charge in [-0.15, -0.1) is 0 Å². The van der Waals surface area contributed by atoms with Crippen molar-refractivity contribution >= 4 is 22.4 Å². The molecule has 2 fully saturated rings. The van der Waals surface area contributed by atoms with Crippen LogP contribution < -0.4 is 10.6 Å². The molecule has 114 valence electrons. The largest absolute Gasteiger partial charge is 0.326 e. The van der Waals surface area contributed by atoms with E-state index >= 15 is 0 Å². The number of carbonyl (C=O) groups is 1. The molecule has 2 aliphatic rings. The van der Waals surface area contributed by atoms with Gasteiger partial charge in [0, 0.05) is 34.4 Å². The molecule has 1 amide bonds. The Bertz CT molecular complexity index is 567. The molecule has 1 aliphatic carbocycles. The maximum absolute atomic E-state index is 12.4. The van der Waals surface area contributed by atoms with Crippen LogP contribution in [0.15, 0.2) is 24.3 Å². The van der Waals surface area contributed by atoms with Gasteiger partial charge in [-0.3, -0.25) is 9.00 Å². The van der Waals surface area contributed by atoms with Crippen molar-refractivity contribution in [2.24, 2.45) is 11.3 Å². The maximum Gasteiger partial charge on any atom is 0.228 e. The third kappa shape index (κ3) is 3.35. The Morgan fingerprint density at radius 2 is 2.19 bits per heavy atom. The van der Waals surface area contributed by atoms with E-state index in [-0.39, 0.29) is 17.2 Å². The lowest BCUT2D eigenvalue weighted by Gasteiger charge is -2.23. The van der Waals surface area contributed by atoms with Crippen LogP contribution in [0.3, 0.4) is 0 Å². The molecule has 1 saturated heterocycles. The normalized spacial score (nSPS) is 24.5. The quantitative estimate of drug-likeness (QED) is 0.893. The van der Waals surface area contributed by atoms with Gasteiger partial charge in [-0.25, -0.2) is 0 Å². The first-order chi connectivity index (χ1) is 10.1. The highest BCUT2D eigenvalue weighted by Gasteiger charge is 2.57. The van der Waals surface area contributed by atoms with E-state index in [0.29, 0.717) is 5.75 Å². The zero-order valence-electron chi connectivity index (χ0n) is 12.4. The number of hydrogen-bond donors (Lipinski definition) is 2. The second kappa shape index (κ2) is 5.89. The van der Waals surface area contributed by atoms with Crippen molar-refractivity contribution in [3.8, 4) is 0 Å². The predicted octanol–water partition coefficient (Wildman–Crippen LogP) is 1.89. The Labute approximate surface area is 128 Å². The first-order valence-electron chi connectivity index (χ1n) is 7.50. The minimum Gasteiger partial charge on any atom is -0.326 e. The van der Waals surface area contributed by atoms with Crippen LogP contribution >= 0.6 is 0 Å². The third-order valence-corrected chi connectivity index (χ3v) is 5.41. The van der Waals surface area contributed by atoms with E-state index in [0.717, 1.165) is 43.6 Å².